The zero-order valence-electron chi connectivity index (χ0n) is 37.5. The molecule has 6 rings (SSSR count). The Morgan fingerprint density at radius 3 is 1.03 bits per heavy atom. The second kappa shape index (κ2) is 20.1. The first-order valence-corrected chi connectivity index (χ1v) is 20.0. The summed E-state index contributed by atoms with van der Waals surface area (Å²) in [6.45, 7) is 2.96. The van der Waals surface area contributed by atoms with Gasteiger partial charge < -0.3 is 47.4 Å². The van der Waals surface area contributed by atoms with E-state index in [2.05, 4.69) is 0 Å². The molecular weight excluding hydrogens is 825 g/mol. The standard InChI is InChI=1S/C50H50O14/c1-27(51)21-31-23-33-35(43(57-5)39(49(53)61-9)45(59-7)37(33)47(41(31)55-3)63-25-29-17-13-11-14-18-29)36-34-24-32(22-28(2)52)42(56-4)48(64-26-30-19-15-12-16-20-30)38(34)46(60-8)40(44(36)58-6)50(54)62-10/h11-20,23-24H,21-22,25-26H2,1-10H3. The molecule has 0 spiro atoms. The largest absolute Gasteiger partial charge is 0.495 e. The molecule has 14 heteroatoms. The minimum Gasteiger partial charge on any atom is -0.495 e. The third kappa shape index (κ3) is 8.63. The number of hydrogen-bond donors (Lipinski definition) is 0. The van der Waals surface area contributed by atoms with Crippen molar-refractivity contribution in [2.75, 3.05) is 56.9 Å². The molecule has 0 radical (unpaired) electrons. The molecule has 0 amide bonds. The molecule has 334 valence electrons. The van der Waals surface area contributed by atoms with Crippen LogP contribution in [0.1, 0.15) is 56.8 Å². The predicted octanol–water partition coefficient (Wildman–Crippen LogP) is 8.71. The number of benzene rings is 6. The molecule has 0 unspecified atom stereocenters. The summed E-state index contributed by atoms with van der Waals surface area (Å²) in [5.74, 6) is -1.58. The van der Waals surface area contributed by atoms with Crippen molar-refractivity contribution in [2.45, 2.75) is 39.9 Å². The van der Waals surface area contributed by atoms with Gasteiger partial charge >= 0.3 is 11.9 Å². The molecule has 0 aliphatic carbocycles. The lowest BCUT2D eigenvalue weighted by Gasteiger charge is -2.27. The van der Waals surface area contributed by atoms with E-state index >= 15 is 0 Å². The Balaban J connectivity index is 1.97. The van der Waals surface area contributed by atoms with Crippen LogP contribution in [0.5, 0.6) is 46.0 Å². The minimum absolute atomic E-state index is 0.00557. The van der Waals surface area contributed by atoms with E-state index in [0.29, 0.717) is 21.9 Å². The SMILES string of the molecule is COC(=O)c1c(OC)c(-c2c(OC)c(C(=O)OC)c(OC)c3c(OCc4ccccc4)c(OC)c(CC(C)=O)cc23)c2cc(CC(C)=O)c(OC)c(OCc3ccccc3)c2c1OC. The lowest BCUT2D eigenvalue weighted by atomic mass is 9.85. The van der Waals surface area contributed by atoms with Crippen LogP contribution < -0.4 is 37.9 Å². The van der Waals surface area contributed by atoms with Crippen LogP contribution in [-0.2, 0) is 45.1 Å². The summed E-state index contributed by atoms with van der Waals surface area (Å²) >= 11 is 0. The topological polar surface area (TPSA) is 161 Å². The molecule has 0 aliphatic rings. The molecule has 0 atom stereocenters. The van der Waals surface area contributed by atoms with Gasteiger partial charge in [-0.15, -0.1) is 0 Å². The van der Waals surface area contributed by atoms with Crippen molar-refractivity contribution in [3.63, 3.8) is 0 Å². The Kier molecular flexibility index (Phi) is 14.5. The Bertz CT molecular complexity index is 2550. The quantitative estimate of drug-likeness (QED) is 0.0711. The van der Waals surface area contributed by atoms with Crippen molar-refractivity contribution >= 4 is 45.0 Å². The van der Waals surface area contributed by atoms with Crippen LogP contribution in [0.25, 0.3) is 32.7 Å². The van der Waals surface area contributed by atoms with Gasteiger partial charge in [-0.2, -0.15) is 0 Å². The van der Waals surface area contributed by atoms with Crippen molar-refractivity contribution in [2.24, 2.45) is 0 Å². The maximum absolute atomic E-state index is 14.2. The van der Waals surface area contributed by atoms with Crippen LogP contribution in [-0.4, -0.2) is 80.4 Å². The van der Waals surface area contributed by atoms with E-state index in [0.717, 1.165) is 11.1 Å². The van der Waals surface area contributed by atoms with Gasteiger partial charge in [-0.05, 0) is 37.1 Å². The number of ketones is 2. The van der Waals surface area contributed by atoms with Crippen LogP contribution in [0.2, 0.25) is 0 Å². The molecule has 0 saturated carbocycles. The molecule has 64 heavy (non-hydrogen) atoms. The molecule has 6 aromatic carbocycles. The molecule has 6 aromatic rings. The summed E-state index contributed by atoms with van der Waals surface area (Å²) in [6, 6.07) is 22.2. The van der Waals surface area contributed by atoms with Crippen LogP contribution in [0.15, 0.2) is 72.8 Å². The van der Waals surface area contributed by atoms with Crippen molar-refractivity contribution in [1.82, 2.24) is 0 Å². The van der Waals surface area contributed by atoms with E-state index in [1.54, 1.807) is 12.1 Å². The second-order valence-electron chi connectivity index (χ2n) is 14.6. The second-order valence-corrected chi connectivity index (χ2v) is 14.6. The number of rotatable bonds is 19. The molecule has 0 heterocycles. The van der Waals surface area contributed by atoms with Crippen molar-refractivity contribution in [3.05, 3.63) is 106 Å². The van der Waals surface area contributed by atoms with Crippen LogP contribution in [0.4, 0.5) is 0 Å². The van der Waals surface area contributed by atoms with Crippen LogP contribution in [0, 0.1) is 0 Å². The highest BCUT2D eigenvalue weighted by atomic mass is 16.5. The maximum atomic E-state index is 14.2. The zero-order chi connectivity index (χ0) is 46.2. The summed E-state index contributed by atoms with van der Waals surface area (Å²) in [5.41, 5.74) is 2.44. The molecule has 0 fully saturated rings. The third-order valence-electron chi connectivity index (χ3n) is 10.6. The molecule has 0 saturated heterocycles. The Morgan fingerprint density at radius 1 is 0.422 bits per heavy atom. The number of carbonyl (C=O) groups is 4. The number of fused-ring (bicyclic) bond motifs is 2. The summed E-state index contributed by atoms with van der Waals surface area (Å²) in [5, 5.41) is 1.08. The van der Waals surface area contributed by atoms with Crippen molar-refractivity contribution in [3.8, 4) is 57.1 Å². The average molecular weight is 875 g/mol. The van der Waals surface area contributed by atoms with Gasteiger partial charge in [0.25, 0.3) is 0 Å². The highest BCUT2D eigenvalue weighted by Gasteiger charge is 2.38. The number of hydrogen-bond acceptors (Lipinski definition) is 14. The van der Waals surface area contributed by atoms with E-state index in [1.807, 2.05) is 60.7 Å². The van der Waals surface area contributed by atoms with E-state index < -0.39 is 11.9 Å². The fourth-order valence-electron chi connectivity index (χ4n) is 8.05. The van der Waals surface area contributed by atoms with Crippen LogP contribution in [0.3, 0.4) is 0 Å². The van der Waals surface area contributed by atoms with Gasteiger partial charge in [-0.1, -0.05) is 60.7 Å². The average Bonchev–Trinajstić information content (AvgIpc) is 3.30. The number of Topliss-reactive ketones (excluding diaryl/α,β-unsaturated/α-hetero) is 2. The zero-order valence-corrected chi connectivity index (χ0v) is 37.5. The molecule has 0 N–H and O–H groups in total. The summed E-state index contributed by atoms with van der Waals surface area (Å²) in [7, 11) is 10.8. The first kappa shape index (κ1) is 46.0. The fraction of sp³-hybridized carbons (Fsp3) is 0.280. The molecule has 0 aromatic heterocycles. The number of methoxy groups -OCH3 is 8. The summed E-state index contributed by atoms with van der Waals surface area (Å²) in [4.78, 5) is 54.5. The van der Waals surface area contributed by atoms with Gasteiger partial charge in [-0.25, -0.2) is 9.59 Å². The third-order valence-corrected chi connectivity index (χ3v) is 10.6. The van der Waals surface area contributed by atoms with E-state index in [-0.39, 0.29) is 117 Å². The Hall–Kier alpha value is -7.48. The van der Waals surface area contributed by atoms with Crippen LogP contribution >= 0.6 is 0 Å². The smallest absolute Gasteiger partial charge is 0.345 e. The monoisotopic (exact) mass is 874 g/mol. The molecule has 0 aliphatic heterocycles. The minimum atomic E-state index is -0.853. The molecular formula is C50H50O14. The first-order chi connectivity index (χ1) is 30.9. The van der Waals surface area contributed by atoms with Gasteiger partial charge in [0.15, 0.2) is 23.0 Å². The first-order valence-electron chi connectivity index (χ1n) is 20.0. The number of carbonyl (C=O) groups excluding carboxylic acids is 4. The number of esters is 2. The molecule has 0 bridgehead atoms. The van der Waals surface area contributed by atoms with Gasteiger partial charge in [0, 0.05) is 45.9 Å². The lowest BCUT2D eigenvalue weighted by molar-refractivity contribution is -0.117. The molecule has 14 nitrogen and oxygen atoms in total. The normalized spacial score (nSPS) is 10.8. The Labute approximate surface area is 370 Å². The predicted molar refractivity (Wildman–Crippen MR) is 239 cm³/mol. The summed E-state index contributed by atoms with van der Waals surface area (Å²) in [6.07, 6.45) is -0.204. The van der Waals surface area contributed by atoms with E-state index in [1.165, 1.54) is 70.7 Å². The van der Waals surface area contributed by atoms with Gasteiger partial charge in [0.1, 0.15) is 58.9 Å². The highest BCUT2D eigenvalue weighted by Crippen LogP contribution is 2.59. The van der Waals surface area contributed by atoms with Gasteiger partial charge in [0.2, 0.25) is 0 Å². The summed E-state index contributed by atoms with van der Waals surface area (Å²) < 4.78 is 60.8. The number of ether oxygens (including phenoxy) is 10. The van der Waals surface area contributed by atoms with Crippen molar-refractivity contribution < 1.29 is 66.5 Å². The van der Waals surface area contributed by atoms with Gasteiger partial charge in [-0.3, -0.25) is 9.59 Å². The maximum Gasteiger partial charge on any atom is 0.345 e. The highest BCUT2D eigenvalue weighted by molar-refractivity contribution is 6.22. The fourth-order valence-corrected chi connectivity index (χ4v) is 8.05. The van der Waals surface area contributed by atoms with Crippen molar-refractivity contribution in [1.29, 1.82) is 0 Å². The van der Waals surface area contributed by atoms with Gasteiger partial charge in [0.05, 0.1) is 67.7 Å². The Morgan fingerprint density at radius 2 is 0.750 bits per heavy atom. The van der Waals surface area contributed by atoms with E-state index in [9.17, 15) is 19.2 Å². The lowest BCUT2D eigenvalue weighted by Crippen LogP contribution is -2.13. The van der Waals surface area contributed by atoms with E-state index in [4.69, 9.17) is 47.4 Å².